The van der Waals surface area contributed by atoms with E-state index in [9.17, 15) is 20.2 Å². The number of nitro groups is 2. The summed E-state index contributed by atoms with van der Waals surface area (Å²) < 4.78 is 11.2. The summed E-state index contributed by atoms with van der Waals surface area (Å²) in [5.74, 6) is 0. The molecule has 0 amide bonds. The van der Waals surface area contributed by atoms with Crippen molar-refractivity contribution in [3.05, 3.63) is 44.0 Å². The third-order valence-electron chi connectivity index (χ3n) is 2.91. The van der Waals surface area contributed by atoms with Crippen molar-refractivity contribution in [1.82, 2.24) is 0 Å². The van der Waals surface area contributed by atoms with Crippen molar-refractivity contribution in [2.24, 2.45) is 0 Å². The van der Waals surface area contributed by atoms with Crippen LogP contribution in [-0.2, 0) is 16.1 Å². The average molecular weight is 405 g/mol. The van der Waals surface area contributed by atoms with Crippen molar-refractivity contribution >= 4 is 27.3 Å². The van der Waals surface area contributed by atoms with E-state index in [0.29, 0.717) is 18.8 Å². The Kier molecular flexibility index (Phi) is 6.82. The summed E-state index contributed by atoms with van der Waals surface area (Å²) in [7, 11) is 0. The van der Waals surface area contributed by atoms with E-state index in [1.54, 1.807) is 0 Å². The molecule has 0 unspecified atom stereocenters. The van der Waals surface area contributed by atoms with Crippen molar-refractivity contribution < 1.29 is 19.3 Å². The van der Waals surface area contributed by atoms with Crippen molar-refractivity contribution in [1.29, 1.82) is 0 Å². The van der Waals surface area contributed by atoms with Gasteiger partial charge in [0.2, 0.25) is 0 Å². The van der Waals surface area contributed by atoms with Crippen LogP contribution in [0.3, 0.4) is 0 Å². The number of ether oxygens (including phenoxy) is 2. The van der Waals surface area contributed by atoms with E-state index in [-0.39, 0.29) is 22.3 Å². The minimum Gasteiger partial charge on any atom is -0.377 e. The molecule has 0 heterocycles. The third-order valence-corrected chi connectivity index (χ3v) is 3.14. The van der Waals surface area contributed by atoms with Crippen LogP contribution < -0.4 is 0 Å². The molecule has 9 heteroatoms. The summed E-state index contributed by atoms with van der Waals surface area (Å²) in [5, 5.41) is 21.8. The molecule has 0 aromatic heterocycles. The van der Waals surface area contributed by atoms with Crippen LogP contribution in [0.25, 0.3) is 0 Å². The zero-order valence-electron chi connectivity index (χ0n) is 14.1. The van der Waals surface area contributed by atoms with E-state index >= 15 is 0 Å². The van der Waals surface area contributed by atoms with E-state index in [1.165, 1.54) is 12.1 Å². The van der Waals surface area contributed by atoms with Gasteiger partial charge in [-0.05, 0) is 33.3 Å². The number of non-ortho nitro benzene ring substituents is 2. The maximum atomic E-state index is 10.9. The molecule has 0 fully saturated rings. The average Bonchev–Trinajstić information content (AvgIpc) is 2.43. The summed E-state index contributed by atoms with van der Waals surface area (Å²) in [4.78, 5) is 20.4. The third kappa shape index (κ3) is 7.33. The fourth-order valence-corrected chi connectivity index (χ4v) is 1.97. The Morgan fingerprint density at radius 1 is 1.00 bits per heavy atom. The molecule has 1 aromatic rings. The van der Waals surface area contributed by atoms with Gasteiger partial charge in [0.1, 0.15) is 0 Å². The van der Waals surface area contributed by atoms with Gasteiger partial charge in [-0.2, -0.15) is 0 Å². The Labute approximate surface area is 148 Å². The van der Waals surface area contributed by atoms with Crippen molar-refractivity contribution in [2.45, 2.75) is 44.2 Å². The molecule has 0 spiro atoms. The largest absolute Gasteiger partial charge is 0.377 e. The lowest BCUT2D eigenvalue weighted by Gasteiger charge is -2.27. The summed E-state index contributed by atoms with van der Waals surface area (Å²) in [5.41, 5.74) is -0.946. The molecule has 0 aliphatic rings. The molecular formula is C15H21BrN2O6. The highest BCUT2D eigenvalue weighted by molar-refractivity contribution is 9.10. The predicted molar refractivity (Wildman–Crippen MR) is 92.4 cm³/mol. The van der Waals surface area contributed by atoms with Crippen molar-refractivity contribution in [2.75, 3.05) is 13.2 Å². The minimum atomic E-state index is -0.664. The Bertz CT molecular complexity index is 580. The van der Waals surface area contributed by atoms with Crippen LogP contribution in [0.4, 0.5) is 11.4 Å². The summed E-state index contributed by atoms with van der Waals surface area (Å²) in [6, 6.07) is 3.47. The van der Waals surface area contributed by atoms with E-state index in [0.717, 1.165) is 6.07 Å². The van der Waals surface area contributed by atoms with Gasteiger partial charge in [-0.15, -0.1) is 0 Å². The van der Waals surface area contributed by atoms with Crippen LogP contribution in [0.2, 0.25) is 0 Å². The van der Waals surface area contributed by atoms with E-state index < -0.39 is 15.4 Å². The van der Waals surface area contributed by atoms with Crippen LogP contribution in [0, 0.1) is 20.2 Å². The van der Waals surface area contributed by atoms with Gasteiger partial charge in [-0.25, -0.2) is 0 Å². The van der Waals surface area contributed by atoms with E-state index in [1.807, 2.05) is 27.7 Å². The number of halogens is 1. The van der Waals surface area contributed by atoms with Gasteiger partial charge in [0.25, 0.3) is 11.4 Å². The Morgan fingerprint density at radius 3 is 1.92 bits per heavy atom. The molecule has 0 saturated heterocycles. The molecular weight excluding hydrogens is 384 g/mol. The highest BCUT2D eigenvalue weighted by atomic mass is 79.9. The highest BCUT2D eigenvalue weighted by Gasteiger charge is 2.23. The number of hydrogen-bond acceptors (Lipinski definition) is 6. The molecule has 1 rings (SSSR count). The van der Waals surface area contributed by atoms with Crippen molar-refractivity contribution in [3.63, 3.8) is 0 Å². The molecule has 8 nitrogen and oxygen atoms in total. The van der Waals surface area contributed by atoms with Crippen LogP contribution >= 0.6 is 15.9 Å². The molecule has 24 heavy (non-hydrogen) atoms. The zero-order chi connectivity index (χ0) is 18.5. The molecule has 0 bridgehead atoms. The molecule has 134 valence electrons. The summed E-state index contributed by atoms with van der Waals surface area (Å²) in [6.45, 7) is 8.41. The SMILES string of the molecule is CC(C)(Br)COCC(C)(C)OCc1cc([N+](=O)[O-])cc([N+](=O)[O-])c1. The van der Waals surface area contributed by atoms with Gasteiger partial charge in [-0.1, -0.05) is 15.9 Å². The lowest BCUT2D eigenvalue weighted by Crippen LogP contribution is -2.33. The quantitative estimate of drug-likeness (QED) is 0.350. The second kappa shape index (κ2) is 8.00. The highest BCUT2D eigenvalue weighted by Crippen LogP contribution is 2.25. The van der Waals surface area contributed by atoms with Gasteiger partial charge in [0.15, 0.2) is 0 Å². The van der Waals surface area contributed by atoms with Crippen LogP contribution in [-0.4, -0.2) is 33.0 Å². The fraction of sp³-hybridized carbons (Fsp3) is 0.600. The number of hydrogen-bond donors (Lipinski definition) is 0. The fourth-order valence-electron chi connectivity index (χ4n) is 1.81. The molecule has 0 saturated carbocycles. The summed E-state index contributed by atoms with van der Waals surface area (Å²) >= 11 is 3.47. The van der Waals surface area contributed by atoms with Crippen LogP contribution in [0.15, 0.2) is 18.2 Å². The molecule has 0 atom stereocenters. The predicted octanol–water partition coefficient (Wildman–Crippen LogP) is 3.99. The molecule has 0 aliphatic heterocycles. The second-order valence-corrected chi connectivity index (χ2v) is 8.78. The molecule has 0 aliphatic carbocycles. The maximum Gasteiger partial charge on any atom is 0.276 e. The molecule has 0 N–H and O–H groups in total. The lowest BCUT2D eigenvalue weighted by atomic mass is 10.1. The first-order chi connectivity index (χ1) is 10.9. The first kappa shape index (κ1) is 20.5. The second-order valence-electron chi connectivity index (χ2n) is 6.63. The van der Waals surface area contributed by atoms with Gasteiger partial charge in [0.05, 0.1) is 41.3 Å². The number of nitrogens with zero attached hydrogens (tertiary/aromatic N) is 2. The molecule has 0 radical (unpaired) electrons. The number of benzene rings is 1. The monoisotopic (exact) mass is 404 g/mol. The van der Waals surface area contributed by atoms with E-state index in [4.69, 9.17) is 9.47 Å². The van der Waals surface area contributed by atoms with Gasteiger partial charge >= 0.3 is 0 Å². The minimum absolute atomic E-state index is 0.0105. The topological polar surface area (TPSA) is 105 Å². The first-order valence-corrected chi connectivity index (χ1v) is 8.02. The number of alkyl halides is 1. The Balaban J connectivity index is 2.74. The van der Waals surface area contributed by atoms with Gasteiger partial charge in [0, 0.05) is 16.5 Å². The van der Waals surface area contributed by atoms with Crippen molar-refractivity contribution in [3.8, 4) is 0 Å². The normalized spacial score (nSPS) is 12.2. The summed E-state index contributed by atoms with van der Waals surface area (Å²) in [6.07, 6.45) is 0. The zero-order valence-corrected chi connectivity index (χ0v) is 15.7. The van der Waals surface area contributed by atoms with Gasteiger partial charge < -0.3 is 9.47 Å². The van der Waals surface area contributed by atoms with Crippen LogP contribution in [0.5, 0.6) is 0 Å². The Morgan fingerprint density at radius 2 is 1.50 bits per heavy atom. The first-order valence-electron chi connectivity index (χ1n) is 7.23. The maximum absolute atomic E-state index is 10.9. The standard InChI is InChI=1S/C15H21BrN2O6/c1-14(2,16)9-23-10-15(3,4)24-8-11-5-12(17(19)20)7-13(6-11)18(21)22/h5-7H,8-10H2,1-4H3. The smallest absolute Gasteiger partial charge is 0.276 e. The number of nitro benzene ring substituents is 2. The molecule has 1 aromatic carbocycles. The number of rotatable bonds is 9. The lowest BCUT2D eigenvalue weighted by molar-refractivity contribution is -0.394. The van der Waals surface area contributed by atoms with Gasteiger partial charge in [-0.3, -0.25) is 20.2 Å². The van der Waals surface area contributed by atoms with E-state index in [2.05, 4.69) is 15.9 Å². The Hall–Kier alpha value is -1.58. The van der Waals surface area contributed by atoms with Crippen LogP contribution in [0.1, 0.15) is 33.3 Å².